The summed E-state index contributed by atoms with van der Waals surface area (Å²) < 4.78 is 0. The SMILES string of the molecule is c1ccc(-c2nc(-c3ccccc3)nc(-c3cccc(-c4ccc(-c5ccc(-c6cccc7c6C6(CCCCC6)c6ccccc6-7)cc5)cc4)c3)n2)cc1. The fourth-order valence-electron chi connectivity index (χ4n) is 8.95. The summed E-state index contributed by atoms with van der Waals surface area (Å²) >= 11 is 0. The number of nitrogens with zero attached hydrogens (tertiary/aromatic N) is 3. The van der Waals surface area contributed by atoms with Crippen LogP contribution in [0.2, 0.25) is 0 Å². The molecule has 0 unspecified atom stereocenters. The Morgan fingerprint density at radius 2 is 0.759 bits per heavy atom. The number of hydrogen-bond acceptors (Lipinski definition) is 3. The summed E-state index contributed by atoms with van der Waals surface area (Å²) in [6.45, 7) is 0. The number of rotatable bonds is 6. The second-order valence-corrected chi connectivity index (χ2v) is 14.7. The van der Waals surface area contributed by atoms with E-state index in [0.717, 1.165) is 27.8 Å². The van der Waals surface area contributed by atoms with Crippen molar-refractivity contribution in [1.82, 2.24) is 15.0 Å². The molecule has 1 spiro atoms. The Bertz CT molecular complexity index is 2550. The number of benzene rings is 7. The minimum atomic E-state index is 0.129. The molecule has 3 nitrogen and oxygen atoms in total. The van der Waals surface area contributed by atoms with Crippen molar-refractivity contribution in [2.45, 2.75) is 37.5 Å². The Hall–Kier alpha value is -6.45. The van der Waals surface area contributed by atoms with Crippen LogP contribution < -0.4 is 0 Å². The lowest BCUT2D eigenvalue weighted by Gasteiger charge is -2.37. The summed E-state index contributed by atoms with van der Waals surface area (Å²) in [4.78, 5) is 14.8. The second kappa shape index (κ2) is 13.5. The lowest BCUT2D eigenvalue weighted by molar-refractivity contribution is 0.353. The first-order chi connectivity index (χ1) is 26.7. The summed E-state index contributed by atoms with van der Waals surface area (Å²) in [5.41, 5.74) is 16.3. The monoisotopic (exact) mass is 693 g/mol. The molecule has 1 heterocycles. The molecular weight excluding hydrogens is 655 g/mol. The molecule has 54 heavy (non-hydrogen) atoms. The van der Waals surface area contributed by atoms with E-state index in [-0.39, 0.29) is 5.41 Å². The molecule has 258 valence electrons. The maximum atomic E-state index is 4.95. The molecule has 7 aromatic carbocycles. The quantitative estimate of drug-likeness (QED) is 0.174. The summed E-state index contributed by atoms with van der Waals surface area (Å²) in [7, 11) is 0. The zero-order chi connectivity index (χ0) is 35.9. The Labute approximate surface area is 317 Å². The Morgan fingerprint density at radius 1 is 0.315 bits per heavy atom. The van der Waals surface area contributed by atoms with E-state index < -0.39 is 0 Å². The van der Waals surface area contributed by atoms with Gasteiger partial charge in [-0.1, -0.05) is 189 Å². The normalized spacial score (nSPS) is 14.1. The van der Waals surface area contributed by atoms with E-state index >= 15 is 0 Å². The molecule has 0 atom stereocenters. The van der Waals surface area contributed by atoms with E-state index in [9.17, 15) is 0 Å². The van der Waals surface area contributed by atoms with E-state index in [1.54, 1.807) is 5.56 Å². The molecule has 0 bridgehead atoms. The summed E-state index contributed by atoms with van der Waals surface area (Å²) in [5, 5.41) is 0. The third kappa shape index (κ3) is 5.64. The van der Waals surface area contributed by atoms with E-state index in [0.29, 0.717) is 17.5 Å². The molecule has 1 fully saturated rings. The van der Waals surface area contributed by atoms with Crippen LogP contribution in [0.25, 0.3) is 78.7 Å². The zero-order valence-corrected chi connectivity index (χ0v) is 30.1. The molecule has 0 aliphatic heterocycles. The van der Waals surface area contributed by atoms with Crippen molar-refractivity contribution < 1.29 is 0 Å². The Balaban J connectivity index is 0.948. The zero-order valence-electron chi connectivity index (χ0n) is 30.1. The summed E-state index contributed by atoms with van der Waals surface area (Å²) in [6.07, 6.45) is 6.40. The molecule has 1 aromatic heterocycles. The van der Waals surface area contributed by atoms with Gasteiger partial charge in [0.25, 0.3) is 0 Å². The van der Waals surface area contributed by atoms with Crippen LogP contribution in [0.4, 0.5) is 0 Å². The largest absolute Gasteiger partial charge is 0.208 e. The highest BCUT2D eigenvalue weighted by Gasteiger charge is 2.45. The van der Waals surface area contributed by atoms with E-state index in [4.69, 9.17) is 15.0 Å². The molecule has 0 saturated heterocycles. The van der Waals surface area contributed by atoms with E-state index in [2.05, 4.69) is 115 Å². The van der Waals surface area contributed by atoms with Crippen molar-refractivity contribution in [2.75, 3.05) is 0 Å². The molecule has 1 saturated carbocycles. The number of aromatic nitrogens is 3. The fraction of sp³-hybridized carbons (Fsp3) is 0.118. The predicted octanol–water partition coefficient (Wildman–Crippen LogP) is 13.1. The molecule has 3 heteroatoms. The molecule has 2 aliphatic rings. The van der Waals surface area contributed by atoms with Crippen LogP contribution in [0.5, 0.6) is 0 Å². The fourth-order valence-corrected chi connectivity index (χ4v) is 8.95. The summed E-state index contributed by atoms with van der Waals surface area (Å²) in [5.74, 6) is 1.98. The van der Waals surface area contributed by atoms with Gasteiger partial charge in [-0.05, 0) is 74.5 Å². The topological polar surface area (TPSA) is 38.7 Å². The molecule has 10 rings (SSSR count). The first-order valence-corrected chi connectivity index (χ1v) is 19.2. The van der Waals surface area contributed by atoms with Gasteiger partial charge in [-0.3, -0.25) is 0 Å². The maximum absolute atomic E-state index is 4.95. The predicted molar refractivity (Wildman–Crippen MR) is 222 cm³/mol. The van der Waals surface area contributed by atoms with Gasteiger partial charge in [-0.25, -0.2) is 15.0 Å². The van der Waals surface area contributed by atoms with Gasteiger partial charge in [0, 0.05) is 22.1 Å². The van der Waals surface area contributed by atoms with Crippen LogP contribution in [0.15, 0.2) is 176 Å². The molecule has 0 amide bonds. The summed E-state index contributed by atoms with van der Waals surface area (Å²) in [6, 6.07) is 62.9. The van der Waals surface area contributed by atoms with Crippen LogP contribution in [0.1, 0.15) is 43.2 Å². The van der Waals surface area contributed by atoms with Crippen molar-refractivity contribution in [3.8, 4) is 78.7 Å². The van der Waals surface area contributed by atoms with Crippen LogP contribution in [0.3, 0.4) is 0 Å². The molecular formula is C51H39N3. The first-order valence-electron chi connectivity index (χ1n) is 19.2. The van der Waals surface area contributed by atoms with Crippen LogP contribution >= 0.6 is 0 Å². The first kappa shape index (κ1) is 32.2. The van der Waals surface area contributed by atoms with E-state index in [1.807, 2.05) is 60.7 Å². The third-order valence-electron chi connectivity index (χ3n) is 11.6. The second-order valence-electron chi connectivity index (χ2n) is 14.7. The Morgan fingerprint density at radius 3 is 1.39 bits per heavy atom. The number of hydrogen-bond donors (Lipinski definition) is 0. The van der Waals surface area contributed by atoms with Gasteiger partial charge in [0.1, 0.15) is 0 Å². The highest BCUT2D eigenvalue weighted by Crippen LogP contribution is 2.58. The van der Waals surface area contributed by atoms with Gasteiger partial charge in [0.2, 0.25) is 0 Å². The lowest BCUT2D eigenvalue weighted by atomic mass is 9.66. The molecule has 0 radical (unpaired) electrons. The van der Waals surface area contributed by atoms with Crippen molar-refractivity contribution in [2.24, 2.45) is 0 Å². The standard InChI is InChI=1S/C51H39N3/c1-4-14-39(15-5-1)48-52-49(40-16-6-2-7-17-40)54-50(53-48)42-19-12-18-41(34-42)37-26-24-35(25-27-37)36-28-30-38(31-29-36)43-21-13-22-45-44-20-8-9-23-46(44)51(47(43)45)32-10-3-11-33-51/h1-2,4-9,12-31,34H,3,10-11,32-33H2. The smallest absolute Gasteiger partial charge is 0.164 e. The lowest BCUT2D eigenvalue weighted by Crippen LogP contribution is -2.28. The minimum absolute atomic E-state index is 0.129. The minimum Gasteiger partial charge on any atom is -0.208 e. The van der Waals surface area contributed by atoms with E-state index in [1.165, 1.54) is 71.0 Å². The number of fused-ring (bicyclic) bond motifs is 5. The maximum Gasteiger partial charge on any atom is 0.164 e. The van der Waals surface area contributed by atoms with Crippen LogP contribution in [-0.4, -0.2) is 15.0 Å². The van der Waals surface area contributed by atoms with Gasteiger partial charge in [0.15, 0.2) is 17.5 Å². The van der Waals surface area contributed by atoms with Crippen LogP contribution in [-0.2, 0) is 5.41 Å². The van der Waals surface area contributed by atoms with Crippen LogP contribution in [0, 0.1) is 0 Å². The van der Waals surface area contributed by atoms with Gasteiger partial charge in [-0.2, -0.15) is 0 Å². The van der Waals surface area contributed by atoms with Gasteiger partial charge in [-0.15, -0.1) is 0 Å². The van der Waals surface area contributed by atoms with Gasteiger partial charge >= 0.3 is 0 Å². The Kier molecular flexibility index (Phi) is 8.06. The van der Waals surface area contributed by atoms with Crippen molar-refractivity contribution >= 4 is 0 Å². The molecule has 0 N–H and O–H groups in total. The van der Waals surface area contributed by atoms with Gasteiger partial charge in [0.05, 0.1) is 0 Å². The average molecular weight is 694 g/mol. The highest BCUT2D eigenvalue weighted by molar-refractivity contribution is 5.89. The van der Waals surface area contributed by atoms with Crippen molar-refractivity contribution in [3.05, 3.63) is 187 Å². The van der Waals surface area contributed by atoms with Gasteiger partial charge < -0.3 is 0 Å². The average Bonchev–Trinajstić information content (AvgIpc) is 3.53. The highest BCUT2D eigenvalue weighted by atomic mass is 15.0. The third-order valence-corrected chi connectivity index (χ3v) is 11.6. The van der Waals surface area contributed by atoms with Crippen molar-refractivity contribution in [3.63, 3.8) is 0 Å². The molecule has 2 aliphatic carbocycles. The molecule has 8 aromatic rings. The van der Waals surface area contributed by atoms with Crippen molar-refractivity contribution in [1.29, 1.82) is 0 Å².